The molecule has 0 radical (unpaired) electrons. The Morgan fingerprint density at radius 2 is 1.71 bits per heavy atom. The molecule has 1 N–H and O–H groups in total. The van der Waals surface area contributed by atoms with E-state index in [1.165, 1.54) is 17.7 Å². The average Bonchev–Trinajstić information content (AvgIpc) is 2.68. The Kier molecular flexibility index (Phi) is 6.16. The molecule has 0 spiro atoms. The molecule has 1 heterocycles. The Hall–Kier alpha value is -1.66. The van der Waals surface area contributed by atoms with E-state index in [4.69, 9.17) is 4.98 Å². The van der Waals surface area contributed by atoms with Gasteiger partial charge in [-0.25, -0.2) is 0 Å². The van der Waals surface area contributed by atoms with Gasteiger partial charge in [0, 0.05) is 17.2 Å². The summed E-state index contributed by atoms with van der Waals surface area (Å²) in [6.07, 6.45) is -3.44. The standard InChI is InChI=1S/C29H40F3NOSi/c1-16-21-12-19(29(30,31)32)10-11-20(21)26(34)24-17(2)23-18(15-35(8,9)27(3,4)5)13-28(6,7)14-22(23)33-25(16)24/h10-12,16,18,26,34H,13-15H2,1-9H3/t16?,18-,26-/m1/s1. The fraction of sp³-hybridized carbons (Fsp3) is 0.621. The van der Waals surface area contributed by atoms with Gasteiger partial charge >= 0.3 is 6.18 Å². The van der Waals surface area contributed by atoms with Crippen molar-refractivity contribution in [3.05, 3.63) is 63.0 Å². The molecule has 0 fully saturated rings. The molecular weight excluding hydrogens is 463 g/mol. The van der Waals surface area contributed by atoms with Gasteiger partial charge in [0.05, 0.1) is 19.3 Å². The van der Waals surface area contributed by atoms with Crippen molar-refractivity contribution in [3.8, 4) is 0 Å². The zero-order chi connectivity index (χ0) is 26.3. The normalized spacial score (nSPS) is 24.0. The first-order valence-corrected chi connectivity index (χ1v) is 16.0. The largest absolute Gasteiger partial charge is 0.416 e. The van der Waals surface area contributed by atoms with Crippen molar-refractivity contribution in [2.24, 2.45) is 5.41 Å². The molecule has 1 aromatic heterocycles. The zero-order valence-electron chi connectivity index (χ0n) is 22.6. The fourth-order valence-corrected chi connectivity index (χ4v) is 8.43. The van der Waals surface area contributed by atoms with Crippen LogP contribution in [0.25, 0.3) is 0 Å². The molecule has 1 unspecified atom stereocenters. The third kappa shape index (κ3) is 4.50. The maximum atomic E-state index is 13.4. The molecule has 2 aromatic rings. The van der Waals surface area contributed by atoms with E-state index in [-0.39, 0.29) is 16.4 Å². The maximum Gasteiger partial charge on any atom is 0.416 e. The molecule has 2 aliphatic rings. The summed E-state index contributed by atoms with van der Waals surface area (Å²) in [4.78, 5) is 5.15. The van der Waals surface area contributed by atoms with E-state index in [0.29, 0.717) is 17.0 Å². The summed E-state index contributed by atoms with van der Waals surface area (Å²) in [5, 5.41) is 11.7. The van der Waals surface area contributed by atoms with Gasteiger partial charge in [-0.15, -0.1) is 0 Å². The second-order valence-electron chi connectivity index (χ2n) is 13.4. The van der Waals surface area contributed by atoms with E-state index in [2.05, 4.69) is 54.6 Å². The minimum atomic E-state index is -4.42. The number of benzene rings is 1. The minimum absolute atomic E-state index is 0.103. The lowest BCUT2D eigenvalue weighted by Crippen LogP contribution is -2.41. The van der Waals surface area contributed by atoms with Crippen molar-refractivity contribution >= 4 is 8.07 Å². The summed E-state index contributed by atoms with van der Waals surface area (Å²) in [5.41, 5.74) is 5.53. The van der Waals surface area contributed by atoms with Gasteiger partial charge < -0.3 is 5.11 Å². The molecule has 3 atom stereocenters. The number of hydrogen-bond donors (Lipinski definition) is 1. The monoisotopic (exact) mass is 503 g/mol. The highest BCUT2D eigenvalue weighted by atomic mass is 28.3. The van der Waals surface area contributed by atoms with Crippen LogP contribution in [-0.2, 0) is 12.6 Å². The quantitative estimate of drug-likeness (QED) is 0.417. The van der Waals surface area contributed by atoms with Crippen LogP contribution in [0.1, 0.15) is 111 Å². The van der Waals surface area contributed by atoms with E-state index in [0.717, 1.165) is 47.5 Å². The lowest BCUT2D eigenvalue weighted by molar-refractivity contribution is -0.137. The SMILES string of the molecule is Cc1c2c(nc3c1[C@H](O)c1ccc(C(F)(F)F)cc1C3C)CC(C)(C)C[C@@H]2C[Si](C)(C)C(C)(C)C. The highest BCUT2D eigenvalue weighted by Crippen LogP contribution is 2.53. The van der Waals surface area contributed by atoms with Crippen molar-refractivity contribution in [1.82, 2.24) is 4.98 Å². The third-order valence-corrected chi connectivity index (χ3v) is 14.7. The number of nitrogens with zero attached hydrogens (tertiary/aromatic N) is 1. The molecule has 6 heteroatoms. The van der Waals surface area contributed by atoms with Crippen molar-refractivity contribution < 1.29 is 18.3 Å². The Morgan fingerprint density at radius 1 is 1.09 bits per heavy atom. The number of hydrogen-bond acceptors (Lipinski definition) is 2. The first kappa shape index (κ1) is 26.4. The summed E-state index contributed by atoms with van der Waals surface area (Å²) < 4.78 is 40.3. The van der Waals surface area contributed by atoms with Crippen LogP contribution < -0.4 is 0 Å². The molecule has 4 rings (SSSR count). The highest BCUT2D eigenvalue weighted by molar-refractivity contribution is 6.80. The van der Waals surface area contributed by atoms with Gasteiger partial charge in [-0.3, -0.25) is 4.98 Å². The molecule has 0 bridgehead atoms. The predicted molar refractivity (Wildman–Crippen MR) is 139 cm³/mol. The topological polar surface area (TPSA) is 33.1 Å². The second kappa shape index (κ2) is 8.17. The van der Waals surface area contributed by atoms with Gasteiger partial charge in [0.25, 0.3) is 0 Å². The number of aliphatic hydroxyl groups is 1. The number of aliphatic hydroxyl groups excluding tert-OH is 1. The van der Waals surface area contributed by atoms with Gasteiger partial charge in [-0.1, -0.05) is 66.7 Å². The number of fused-ring (bicyclic) bond motifs is 3. The Morgan fingerprint density at radius 3 is 2.29 bits per heavy atom. The van der Waals surface area contributed by atoms with E-state index in [1.54, 1.807) is 0 Å². The van der Waals surface area contributed by atoms with Crippen LogP contribution in [0, 0.1) is 12.3 Å². The number of alkyl halides is 3. The van der Waals surface area contributed by atoms with Crippen LogP contribution in [-0.4, -0.2) is 18.2 Å². The maximum absolute atomic E-state index is 13.4. The summed E-state index contributed by atoms with van der Waals surface area (Å²) >= 11 is 0. The number of halogens is 3. The van der Waals surface area contributed by atoms with E-state index in [9.17, 15) is 18.3 Å². The first-order valence-electron chi connectivity index (χ1n) is 12.8. The average molecular weight is 504 g/mol. The van der Waals surface area contributed by atoms with Crippen LogP contribution >= 0.6 is 0 Å². The van der Waals surface area contributed by atoms with Crippen LogP contribution in [0.2, 0.25) is 24.2 Å². The smallest absolute Gasteiger partial charge is 0.384 e. The first-order chi connectivity index (χ1) is 15.8. The predicted octanol–water partition coefficient (Wildman–Crippen LogP) is 8.52. The molecule has 0 amide bonds. The molecule has 35 heavy (non-hydrogen) atoms. The molecule has 0 aliphatic heterocycles. The summed E-state index contributed by atoms with van der Waals surface area (Å²) in [5.74, 6) is 0.0718. The number of rotatable bonds is 2. The molecular formula is C29H40F3NOSi. The zero-order valence-corrected chi connectivity index (χ0v) is 23.6. The van der Waals surface area contributed by atoms with Gasteiger partial charge in [0.2, 0.25) is 0 Å². The lowest BCUT2D eigenvalue weighted by atomic mass is 9.68. The summed E-state index contributed by atoms with van der Waals surface area (Å²) in [6, 6.07) is 4.90. The van der Waals surface area contributed by atoms with Crippen molar-refractivity contribution in [2.75, 3.05) is 0 Å². The Bertz CT molecular complexity index is 1160. The molecule has 192 valence electrons. The van der Waals surface area contributed by atoms with E-state index in [1.807, 2.05) is 6.92 Å². The van der Waals surface area contributed by atoms with Gasteiger partial charge in [-0.05, 0) is 70.5 Å². The van der Waals surface area contributed by atoms with E-state index >= 15 is 0 Å². The molecule has 2 nitrogen and oxygen atoms in total. The van der Waals surface area contributed by atoms with Crippen LogP contribution in [0.15, 0.2) is 18.2 Å². The number of aromatic nitrogens is 1. The Balaban J connectivity index is 1.88. The van der Waals surface area contributed by atoms with Gasteiger partial charge in [0.1, 0.15) is 6.10 Å². The van der Waals surface area contributed by atoms with Gasteiger partial charge in [-0.2, -0.15) is 13.2 Å². The van der Waals surface area contributed by atoms with Crippen molar-refractivity contribution in [2.45, 2.75) is 110 Å². The summed E-state index contributed by atoms with van der Waals surface area (Å²) in [6.45, 7) is 20.6. The minimum Gasteiger partial charge on any atom is -0.384 e. The number of pyridine rings is 1. The second-order valence-corrected chi connectivity index (χ2v) is 19.1. The lowest BCUT2D eigenvalue weighted by Gasteiger charge is -2.45. The molecule has 0 saturated carbocycles. The van der Waals surface area contributed by atoms with Crippen molar-refractivity contribution in [3.63, 3.8) is 0 Å². The van der Waals surface area contributed by atoms with Crippen LogP contribution in [0.5, 0.6) is 0 Å². The van der Waals surface area contributed by atoms with Gasteiger partial charge in [0.15, 0.2) is 0 Å². The van der Waals surface area contributed by atoms with Crippen LogP contribution in [0.4, 0.5) is 13.2 Å². The molecule has 0 saturated heterocycles. The van der Waals surface area contributed by atoms with Crippen molar-refractivity contribution in [1.29, 1.82) is 0 Å². The van der Waals surface area contributed by atoms with Crippen LogP contribution in [0.3, 0.4) is 0 Å². The summed E-state index contributed by atoms with van der Waals surface area (Å²) in [7, 11) is -1.59. The molecule has 1 aromatic carbocycles. The third-order valence-electron chi connectivity index (χ3n) is 9.15. The van der Waals surface area contributed by atoms with E-state index < -0.39 is 25.9 Å². The highest BCUT2D eigenvalue weighted by Gasteiger charge is 2.44. The molecule has 2 aliphatic carbocycles. The fourth-order valence-electron chi connectivity index (χ4n) is 6.24. The Labute approximate surface area is 209 Å².